The molecule has 0 radical (unpaired) electrons. The minimum absolute atomic E-state index is 0.333. The molecule has 0 saturated heterocycles. The summed E-state index contributed by atoms with van der Waals surface area (Å²) in [4.78, 5) is 0. The Bertz CT molecular complexity index is 465. The Morgan fingerprint density at radius 2 is 2.11 bits per heavy atom. The summed E-state index contributed by atoms with van der Waals surface area (Å²) < 4.78 is 16.6. The van der Waals surface area contributed by atoms with Crippen LogP contribution < -0.4 is 19.5 Å². The first kappa shape index (κ1) is 13.7. The molecule has 4 heteroatoms. The monoisotopic (exact) mass is 263 g/mol. The van der Waals surface area contributed by atoms with E-state index >= 15 is 0 Å². The highest BCUT2D eigenvalue weighted by molar-refractivity contribution is 5.64. The maximum absolute atomic E-state index is 5.63. The average molecular weight is 263 g/mol. The second-order valence-corrected chi connectivity index (χ2v) is 4.65. The molecular formula is C15H21NO3. The smallest absolute Gasteiger partial charge is 0.203 e. The molecule has 0 saturated carbocycles. The molecule has 1 aromatic carbocycles. The Labute approximate surface area is 114 Å². The first-order valence-corrected chi connectivity index (χ1v) is 6.48. The molecule has 4 nitrogen and oxygen atoms in total. The Hall–Kier alpha value is -1.68. The summed E-state index contributed by atoms with van der Waals surface area (Å²) in [5.74, 6) is 2.17. The molecular weight excluding hydrogens is 242 g/mol. The van der Waals surface area contributed by atoms with E-state index in [0.717, 1.165) is 11.3 Å². The van der Waals surface area contributed by atoms with Crippen LogP contribution in [-0.2, 0) is 0 Å². The van der Waals surface area contributed by atoms with E-state index in [2.05, 4.69) is 25.2 Å². The number of fused-ring (bicyclic) bond motifs is 1. The van der Waals surface area contributed by atoms with Crippen molar-refractivity contribution in [3.63, 3.8) is 0 Å². The number of ether oxygens (including phenoxy) is 3. The van der Waals surface area contributed by atoms with Crippen LogP contribution in [0.4, 0.5) is 0 Å². The number of hydrogen-bond acceptors (Lipinski definition) is 4. The van der Waals surface area contributed by atoms with Gasteiger partial charge in [0, 0.05) is 6.04 Å². The zero-order valence-electron chi connectivity index (χ0n) is 11.9. The van der Waals surface area contributed by atoms with Gasteiger partial charge < -0.3 is 19.5 Å². The number of benzene rings is 1. The topological polar surface area (TPSA) is 39.7 Å². The number of rotatable bonds is 4. The Morgan fingerprint density at radius 3 is 2.79 bits per heavy atom. The van der Waals surface area contributed by atoms with Crippen LogP contribution >= 0.6 is 0 Å². The van der Waals surface area contributed by atoms with Gasteiger partial charge in [-0.05, 0) is 38.6 Å². The number of hydrogen-bond donors (Lipinski definition) is 1. The minimum Gasteiger partial charge on any atom is -0.493 e. The van der Waals surface area contributed by atoms with Gasteiger partial charge in [0.15, 0.2) is 11.5 Å². The molecule has 0 aliphatic carbocycles. The SMILES string of the molecule is CNC(C)/C(C)=C/c1cc(OC)c2c(c1)OCCO2. The molecule has 1 aliphatic rings. The second-order valence-electron chi connectivity index (χ2n) is 4.65. The normalized spacial score (nSPS) is 16.1. The second kappa shape index (κ2) is 5.97. The van der Waals surface area contributed by atoms with Gasteiger partial charge in [-0.2, -0.15) is 0 Å². The van der Waals surface area contributed by atoms with E-state index in [1.54, 1.807) is 7.11 Å². The lowest BCUT2D eigenvalue weighted by Crippen LogP contribution is -2.22. The van der Waals surface area contributed by atoms with E-state index in [9.17, 15) is 0 Å². The van der Waals surface area contributed by atoms with Crippen molar-refractivity contribution < 1.29 is 14.2 Å². The third-order valence-corrected chi connectivity index (χ3v) is 3.36. The predicted octanol–water partition coefficient (Wildman–Crippen LogP) is 2.48. The van der Waals surface area contributed by atoms with Crippen molar-refractivity contribution in [3.8, 4) is 17.2 Å². The molecule has 0 bridgehead atoms. The lowest BCUT2D eigenvalue weighted by Gasteiger charge is -2.21. The van der Waals surface area contributed by atoms with Crippen LogP contribution in [0.3, 0.4) is 0 Å². The predicted molar refractivity (Wildman–Crippen MR) is 76.2 cm³/mol. The lowest BCUT2D eigenvalue weighted by molar-refractivity contribution is 0.165. The van der Waals surface area contributed by atoms with E-state index in [4.69, 9.17) is 14.2 Å². The molecule has 1 unspecified atom stereocenters. The molecule has 1 N–H and O–H groups in total. The van der Waals surface area contributed by atoms with Crippen LogP contribution in [0.25, 0.3) is 6.08 Å². The van der Waals surface area contributed by atoms with Gasteiger partial charge in [0.2, 0.25) is 5.75 Å². The van der Waals surface area contributed by atoms with Crippen molar-refractivity contribution in [2.75, 3.05) is 27.4 Å². The average Bonchev–Trinajstić information content (AvgIpc) is 2.45. The number of methoxy groups -OCH3 is 1. The van der Waals surface area contributed by atoms with Crippen LogP contribution in [0.5, 0.6) is 17.2 Å². The molecule has 19 heavy (non-hydrogen) atoms. The fraction of sp³-hybridized carbons (Fsp3) is 0.467. The van der Waals surface area contributed by atoms with Crippen LogP contribution in [0.15, 0.2) is 17.7 Å². The fourth-order valence-corrected chi connectivity index (χ4v) is 1.99. The van der Waals surface area contributed by atoms with Crippen molar-refractivity contribution >= 4 is 6.08 Å². The van der Waals surface area contributed by atoms with Crippen molar-refractivity contribution in [1.82, 2.24) is 5.32 Å². The van der Waals surface area contributed by atoms with Crippen molar-refractivity contribution in [3.05, 3.63) is 23.3 Å². The number of nitrogens with one attached hydrogen (secondary N) is 1. The fourth-order valence-electron chi connectivity index (χ4n) is 1.99. The molecule has 1 aromatic rings. The van der Waals surface area contributed by atoms with Gasteiger partial charge in [0.05, 0.1) is 7.11 Å². The van der Waals surface area contributed by atoms with E-state index in [-0.39, 0.29) is 0 Å². The summed E-state index contributed by atoms with van der Waals surface area (Å²) >= 11 is 0. The Morgan fingerprint density at radius 1 is 1.37 bits per heavy atom. The van der Waals surface area contributed by atoms with Crippen molar-refractivity contribution in [2.24, 2.45) is 0 Å². The lowest BCUT2D eigenvalue weighted by atomic mass is 10.1. The van der Waals surface area contributed by atoms with E-state index in [1.165, 1.54) is 5.57 Å². The quantitative estimate of drug-likeness (QED) is 0.906. The zero-order chi connectivity index (χ0) is 13.8. The first-order valence-electron chi connectivity index (χ1n) is 6.48. The first-order chi connectivity index (χ1) is 9.15. The van der Waals surface area contributed by atoms with E-state index in [1.807, 2.05) is 19.2 Å². The Kier molecular flexibility index (Phi) is 4.32. The summed E-state index contributed by atoms with van der Waals surface area (Å²) in [6.45, 7) is 5.37. The molecule has 0 fully saturated rings. The highest BCUT2D eigenvalue weighted by atomic mass is 16.6. The summed E-state index contributed by atoms with van der Waals surface area (Å²) in [6.07, 6.45) is 2.13. The molecule has 104 valence electrons. The van der Waals surface area contributed by atoms with Crippen molar-refractivity contribution in [2.45, 2.75) is 19.9 Å². The number of likely N-dealkylation sites (N-methyl/N-ethyl adjacent to an activating group) is 1. The van der Waals surface area contributed by atoms with Gasteiger partial charge in [-0.25, -0.2) is 0 Å². The third-order valence-electron chi connectivity index (χ3n) is 3.36. The van der Waals surface area contributed by atoms with Crippen LogP contribution in [-0.4, -0.2) is 33.4 Å². The zero-order valence-corrected chi connectivity index (χ0v) is 11.9. The molecule has 1 atom stereocenters. The van der Waals surface area contributed by atoms with Gasteiger partial charge >= 0.3 is 0 Å². The molecule has 1 aliphatic heterocycles. The highest BCUT2D eigenvalue weighted by Crippen LogP contribution is 2.40. The maximum atomic E-state index is 5.63. The molecule has 0 spiro atoms. The van der Waals surface area contributed by atoms with Gasteiger partial charge in [-0.15, -0.1) is 0 Å². The van der Waals surface area contributed by atoms with Crippen LogP contribution in [0.1, 0.15) is 19.4 Å². The van der Waals surface area contributed by atoms with Crippen LogP contribution in [0, 0.1) is 0 Å². The summed E-state index contributed by atoms with van der Waals surface area (Å²) in [7, 11) is 3.59. The van der Waals surface area contributed by atoms with Gasteiger partial charge in [0.1, 0.15) is 13.2 Å². The van der Waals surface area contributed by atoms with Gasteiger partial charge in [-0.1, -0.05) is 11.6 Å². The third kappa shape index (κ3) is 3.01. The molecule has 1 heterocycles. The highest BCUT2D eigenvalue weighted by Gasteiger charge is 2.18. The summed E-state index contributed by atoms with van der Waals surface area (Å²) in [6, 6.07) is 4.29. The minimum atomic E-state index is 0.333. The van der Waals surface area contributed by atoms with Crippen molar-refractivity contribution in [1.29, 1.82) is 0 Å². The Balaban J connectivity index is 2.37. The largest absolute Gasteiger partial charge is 0.493 e. The van der Waals surface area contributed by atoms with Crippen LogP contribution in [0.2, 0.25) is 0 Å². The maximum Gasteiger partial charge on any atom is 0.203 e. The standard InChI is InChI=1S/C15H21NO3/c1-10(11(2)16-3)7-12-8-13(17-4)15-14(9-12)18-5-6-19-15/h7-9,11,16H,5-6H2,1-4H3/b10-7+. The molecule has 2 rings (SSSR count). The molecule has 0 aromatic heterocycles. The van der Waals surface area contributed by atoms with E-state index < -0.39 is 0 Å². The molecule has 0 amide bonds. The summed E-state index contributed by atoms with van der Waals surface area (Å²) in [5.41, 5.74) is 2.31. The van der Waals surface area contributed by atoms with Gasteiger partial charge in [-0.3, -0.25) is 0 Å². The van der Waals surface area contributed by atoms with E-state index in [0.29, 0.717) is 30.8 Å². The summed E-state index contributed by atoms with van der Waals surface area (Å²) in [5, 5.41) is 3.22. The van der Waals surface area contributed by atoms with Gasteiger partial charge in [0.25, 0.3) is 0 Å².